The van der Waals surface area contributed by atoms with E-state index in [0.29, 0.717) is 17.2 Å². The van der Waals surface area contributed by atoms with Crippen molar-refractivity contribution in [2.75, 3.05) is 6.54 Å². The number of rotatable bonds is 7. The minimum absolute atomic E-state index is 0.304. The minimum atomic E-state index is 0.304. The van der Waals surface area contributed by atoms with Crippen molar-refractivity contribution in [3.63, 3.8) is 0 Å². The second-order valence-corrected chi connectivity index (χ2v) is 6.58. The van der Waals surface area contributed by atoms with Crippen molar-refractivity contribution < 1.29 is 0 Å². The van der Waals surface area contributed by atoms with Crippen molar-refractivity contribution >= 4 is 11.8 Å². The predicted molar refractivity (Wildman–Crippen MR) is 88.3 cm³/mol. The fraction of sp³-hybridized carbons (Fsp3) is 0.500. The molecule has 1 aromatic heterocycles. The van der Waals surface area contributed by atoms with Crippen molar-refractivity contribution in [1.29, 1.82) is 0 Å². The van der Waals surface area contributed by atoms with Crippen LogP contribution in [0.3, 0.4) is 0 Å². The molecule has 1 aromatic carbocycles. The van der Waals surface area contributed by atoms with E-state index in [4.69, 9.17) is 0 Å². The smallest absolute Gasteiger partial charge is 0.186 e. The van der Waals surface area contributed by atoms with Gasteiger partial charge < -0.3 is 5.32 Å². The molecule has 0 bridgehead atoms. The van der Waals surface area contributed by atoms with Crippen LogP contribution in [0, 0.1) is 5.92 Å². The van der Waals surface area contributed by atoms with Crippen LogP contribution in [0.1, 0.15) is 32.4 Å². The molecule has 0 amide bonds. The SMILES string of the molecule is CCNC(c1ccccc1)C(Sc1ncnn1C)C(C)C. The zero-order valence-corrected chi connectivity index (χ0v) is 14.0. The monoisotopic (exact) mass is 304 g/mol. The van der Waals surface area contributed by atoms with Gasteiger partial charge in [0.05, 0.1) is 0 Å². The number of aryl methyl sites for hydroxylation is 1. The highest BCUT2D eigenvalue weighted by Gasteiger charge is 2.27. The summed E-state index contributed by atoms with van der Waals surface area (Å²) in [6.07, 6.45) is 1.62. The molecule has 0 aliphatic rings. The van der Waals surface area contributed by atoms with Gasteiger partial charge in [0.15, 0.2) is 5.16 Å². The average molecular weight is 304 g/mol. The van der Waals surface area contributed by atoms with Gasteiger partial charge in [0.25, 0.3) is 0 Å². The summed E-state index contributed by atoms with van der Waals surface area (Å²) in [5, 5.41) is 9.17. The van der Waals surface area contributed by atoms with Crippen molar-refractivity contribution in [2.24, 2.45) is 13.0 Å². The highest BCUT2D eigenvalue weighted by atomic mass is 32.2. The number of nitrogens with one attached hydrogen (secondary N) is 1. The predicted octanol–water partition coefficient (Wildman–Crippen LogP) is 3.28. The van der Waals surface area contributed by atoms with Crippen molar-refractivity contribution in [3.05, 3.63) is 42.2 Å². The largest absolute Gasteiger partial charge is 0.309 e. The van der Waals surface area contributed by atoms with E-state index < -0.39 is 0 Å². The molecule has 0 aliphatic carbocycles. The van der Waals surface area contributed by atoms with Gasteiger partial charge in [-0.25, -0.2) is 9.67 Å². The average Bonchev–Trinajstić information content (AvgIpc) is 2.88. The summed E-state index contributed by atoms with van der Waals surface area (Å²) in [6, 6.07) is 11.0. The van der Waals surface area contributed by atoms with Gasteiger partial charge >= 0.3 is 0 Å². The third kappa shape index (κ3) is 4.08. The third-order valence-corrected chi connectivity index (χ3v) is 5.15. The topological polar surface area (TPSA) is 42.7 Å². The summed E-state index contributed by atoms with van der Waals surface area (Å²) in [5.41, 5.74) is 1.33. The lowest BCUT2D eigenvalue weighted by atomic mass is 9.96. The minimum Gasteiger partial charge on any atom is -0.309 e. The standard InChI is InChI=1S/C16H24N4S/c1-5-17-14(13-9-7-6-8-10-13)15(12(2)3)21-16-18-11-19-20(16)4/h6-12,14-15,17H,5H2,1-4H3. The van der Waals surface area contributed by atoms with Gasteiger partial charge in [0.1, 0.15) is 6.33 Å². The van der Waals surface area contributed by atoms with Gasteiger partial charge in [-0.05, 0) is 18.0 Å². The zero-order valence-electron chi connectivity index (χ0n) is 13.2. The van der Waals surface area contributed by atoms with Gasteiger partial charge in [-0.15, -0.1) is 0 Å². The molecule has 0 saturated heterocycles. The van der Waals surface area contributed by atoms with E-state index in [0.717, 1.165) is 11.7 Å². The summed E-state index contributed by atoms with van der Waals surface area (Å²) in [4.78, 5) is 4.36. The maximum Gasteiger partial charge on any atom is 0.186 e. The zero-order chi connectivity index (χ0) is 15.2. The first-order valence-electron chi connectivity index (χ1n) is 7.42. The van der Waals surface area contributed by atoms with Crippen LogP contribution in [0.4, 0.5) is 0 Å². The molecule has 0 radical (unpaired) electrons. The van der Waals surface area contributed by atoms with Crippen LogP contribution >= 0.6 is 11.8 Å². The van der Waals surface area contributed by atoms with Crippen molar-refractivity contribution in [3.8, 4) is 0 Å². The lowest BCUT2D eigenvalue weighted by molar-refractivity contribution is 0.451. The van der Waals surface area contributed by atoms with Crippen molar-refractivity contribution in [1.82, 2.24) is 20.1 Å². The Labute approximate surface area is 131 Å². The van der Waals surface area contributed by atoms with Crippen LogP contribution in [-0.4, -0.2) is 26.6 Å². The summed E-state index contributed by atoms with van der Waals surface area (Å²) >= 11 is 1.80. The van der Waals surface area contributed by atoms with E-state index in [9.17, 15) is 0 Å². The molecule has 114 valence electrons. The van der Waals surface area contributed by atoms with E-state index >= 15 is 0 Å². The normalized spacial score (nSPS) is 14.3. The molecule has 0 fully saturated rings. The summed E-state index contributed by atoms with van der Waals surface area (Å²) < 4.78 is 1.84. The Morgan fingerprint density at radius 1 is 1.24 bits per heavy atom. The molecule has 1 N–H and O–H groups in total. The van der Waals surface area contributed by atoms with Gasteiger partial charge in [0, 0.05) is 18.3 Å². The van der Waals surface area contributed by atoms with Crippen LogP contribution in [0.2, 0.25) is 0 Å². The van der Waals surface area contributed by atoms with Gasteiger partial charge in [-0.1, -0.05) is 62.9 Å². The van der Waals surface area contributed by atoms with Crippen LogP contribution in [0.15, 0.2) is 41.8 Å². The van der Waals surface area contributed by atoms with Crippen LogP contribution in [0.25, 0.3) is 0 Å². The maximum atomic E-state index is 4.36. The maximum absolute atomic E-state index is 4.36. The second-order valence-electron chi connectivity index (χ2n) is 5.44. The number of aromatic nitrogens is 3. The molecule has 2 unspecified atom stereocenters. The van der Waals surface area contributed by atoms with E-state index in [2.05, 4.69) is 66.5 Å². The molecular weight excluding hydrogens is 280 g/mol. The Balaban J connectivity index is 2.27. The highest BCUT2D eigenvalue weighted by molar-refractivity contribution is 7.99. The first-order chi connectivity index (χ1) is 10.1. The summed E-state index contributed by atoms with van der Waals surface area (Å²) in [5.74, 6) is 0.524. The molecule has 2 rings (SSSR count). The highest BCUT2D eigenvalue weighted by Crippen LogP contribution is 2.35. The Morgan fingerprint density at radius 3 is 2.48 bits per heavy atom. The molecule has 0 aliphatic heterocycles. The molecule has 4 nitrogen and oxygen atoms in total. The van der Waals surface area contributed by atoms with Crippen LogP contribution in [-0.2, 0) is 7.05 Å². The number of nitrogens with zero attached hydrogens (tertiary/aromatic N) is 3. The van der Waals surface area contributed by atoms with Gasteiger partial charge in [-0.3, -0.25) is 0 Å². The molecular formula is C16H24N4S. The van der Waals surface area contributed by atoms with E-state index in [1.54, 1.807) is 18.1 Å². The Kier molecular flexibility index (Phi) is 5.82. The molecule has 5 heteroatoms. The lowest BCUT2D eigenvalue weighted by Gasteiger charge is -2.30. The fourth-order valence-corrected chi connectivity index (χ4v) is 3.62. The van der Waals surface area contributed by atoms with E-state index in [1.165, 1.54) is 5.56 Å². The lowest BCUT2D eigenvalue weighted by Crippen LogP contribution is -2.33. The molecule has 2 atom stereocenters. The Bertz CT molecular complexity index is 538. The van der Waals surface area contributed by atoms with Gasteiger partial charge in [0.2, 0.25) is 0 Å². The Morgan fingerprint density at radius 2 is 1.95 bits per heavy atom. The van der Waals surface area contributed by atoms with E-state index in [1.807, 2.05) is 11.7 Å². The summed E-state index contributed by atoms with van der Waals surface area (Å²) in [7, 11) is 1.94. The second kappa shape index (κ2) is 7.61. The quantitative estimate of drug-likeness (QED) is 0.797. The van der Waals surface area contributed by atoms with Crippen LogP contribution < -0.4 is 5.32 Å². The third-order valence-electron chi connectivity index (χ3n) is 3.48. The molecule has 0 saturated carbocycles. The summed E-state index contributed by atoms with van der Waals surface area (Å²) in [6.45, 7) is 7.63. The van der Waals surface area contributed by atoms with Crippen molar-refractivity contribution in [2.45, 2.75) is 37.2 Å². The Hall–Kier alpha value is -1.33. The van der Waals surface area contributed by atoms with E-state index in [-0.39, 0.29) is 0 Å². The molecule has 1 heterocycles. The fourth-order valence-electron chi connectivity index (χ4n) is 2.41. The first-order valence-corrected chi connectivity index (χ1v) is 8.30. The first kappa shape index (κ1) is 16.0. The van der Waals surface area contributed by atoms with Gasteiger partial charge in [-0.2, -0.15) is 5.10 Å². The number of hydrogen-bond acceptors (Lipinski definition) is 4. The number of hydrogen-bond donors (Lipinski definition) is 1. The molecule has 2 aromatic rings. The number of benzene rings is 1. The number of thioether (sulfide) groups is 1. The molecule has 0 spiro atoms. The van der Waals surface area contributed by atoms with Crippen LogP contribution in [0.5, 0.6) is 0 Å². The molecule has 21 heavy (non-hydrogen) atoms.